The second-order valence-corrected chi connectivity index (χ2v) is 13.7. The van der Waals surface area contributed by atoms with Gasteiger partial charge in [0.15, 0.2) is 5.78 Å². The molecule has 0 spiro atoms. The van der Waals surface area contributed by atoms with Crippen LogP contribution in [0.3, 0.4) is 0 Å². The molecule has 0 unspecified atom stereocenters. The maximum atomic E-state index is 12.6. The highest BCUT2D eigenvalue weighted by Crippen LogP contribution is 2.18. The Hall–Kier alpha value is -3.98. The number of benzene rings is 2. The first-order chi connectivity index (χ1) is 24.0. The van der Waals surface area contributed by atoms with E-state index in [1.165, 1.54) is 11.8 Å². The van der Waals surface area contributed by atoms with E-state index >= 15 is 0 Å². The van der Waals surface area contributed by atoms with Gasteiger partial charge in [0.05, 0.1) is 18.0 Å². The smallest absolute Gasteiger partial charge is 0.306 e. The van der Waals surface area contributed by atoms with Crippen LogP contribution < -0.4 is 5.32 Å². The van der Waals surface area contributed by atoms with Crippen molar-refractivity contribution >= 4 is 35.0 Å². The van der Waals surface area contributed by atoms with Gasteiger partial charge in [0.1, 0.15) is 17.3 Å². The predicted octanol–water partition coefficient (Wildman–Crippen LogP) is 7.19. The van der Waals surface area contributed by atoms with Crippen LogP contribution in [0.25, 0.3) is 0 Å². The van der Waals surface area contributed by atoms with Gasteiger partial charge in [0.25, 0.3) is 0 Å². The highest BCUT2D eigenvalue weighted by molar-refractivity contribution is 5.92. The number of ketones is 4. The van der Waals surface area contributed by atoms with E-state index in [1.54, 1.807) is 34.9 Å². The zero-order chi connectivity index (χ0) is 39.1. The summed E-state index contributed by atoms with van der Waals surface area (Å²) in [7, 11) is 3.43. The van der Waals surface area contributed by atoms with Crippen LogP contribution in [0.1, 0.15) is 105 Å². The van der Waals surface area contributed by atoms with Crippen molar-refractivity contribution in [1.29, 1.82) is 0 Å². The number of rotatable bonds is 20. The Morgan fingerprint density at radius 1 is 0.667 bits per heavy atom. The fourth-order valence-corrected chi connectivity index (χ4v) is 5.38. The van der Waals surface area contributed by atoms with E-state index in [-0.39, 0.29) is 65.2 Å². The number of carboxylic acid groups (broad SMARTS) is 1. The van der Waals surface area contributed by atoms with Crippen molar-refractivity contribution in [3.63, 3.8) is 0 Å². The minimum atomic E-state index is -0.688. The molecule has 0 heterocycles. The van der Waals surface area contributed by atoms with Crippen molar-refractivity contribution in [3.05, 3.63) is 71.8 Å². The van der Waals surface area contributed by atoms with E-state index in [4.69, 9.17) is 5.11 Å². The van der Waals surface area contributed by atoms with Gasteiger partial charge in [-0.1, -0.05) is 101 Å². The summed E-state index contributed by atoms with van der Waals surface area (Å²) < 4.78 is 0. The van der Waals surface area contributed by atoms with Gasteiger partial charge in [-0.3, -0.25) is 28.8 Å². The molecule has 0 aromatic heterocycles. The molecule has 1 amide bonds. The molecule has 9 heteroatoms. The second-order valence-electron chi connectivity index (χ2n) is 13.7. The number of carbonyl (C=O) groups is 6. The van der Waals surface area contributed by atoms with Gasteiger partial charge in [0.2, 0.25) is 5.91 Å². The number of likely N-dealkylation sites (N-methyl/N-ethyl adjacent to an activating group) is 2. The number of hydrogen-bond donors (Lipinski definition) is 2. The summed E-state index contributed by atoms with van der Waals surface area (Å²) >= 11 is 0. The average Bonchev–Trinajstić information content (AvgIpc) is 3.11. The van der Waals surface area contributed by atoms with E-state index in [0.29, 0.717) is 19.3 Å². The Morgan fingerprint density at radius 2 is 1.06 bits per heavy atom. The number of aliphatic carboxylic acids is 1. The standard InChI is InChI=1S/C21H31NO3.C15H21NO2.C6H12O2/c1-6-10-15(2)21(25)22(5)16(3)20(24)14-19(17(4)23)13-18-11-8-7-9-12-18;1-11(16-3)15(18)10-14(12(2)17)9-13-7-5-4-6-8-13;1-3-4-5(2)6(7)8/h7-9,11-12,15-16,19H,6,10,13-14H2,1-5H3;4-8,11,14,16H,9-10H2,1-3H3;5H,3-4H2,1-2H3,(H,7,8)/t15-,16+,19-;11-,14+;5-/m010/s1. The molecule has 284 valence electrons. The molecule has 0 aliphatic carbocycles. The number of amides is 1. The molecule has 51 heavy (non-hydrogen) atoms. The molecule has 2 aromatic carbocycles. The number of nitrogens with one attached hydrogen (secondary N) is 1. The summed E-state index contributed by atoms with van der Waals surface area (Å²) in [4.78, 5) is 72.1. The van der Waals surface area contributed by atoms with E-state index in [1.807, 2.05) is 88.4 Å². The lowest BCUT2D eigenvalue weighted by molar-refractivity contribution is -0.141. The van der Waals surface area contributed by atoms with Gasteiger partial charge in [-0.25, -0.2) is 0 Å². The highest BCUT2D eigenvalue weighted by Gasteiger charge is 2.28. The normalized spacial score (nSPS) is 14.1. The van der Waals surface area contributed by atoms with Gasteiger partial charge in [-0.15, -0.1) is 0 Å². The Balaban J connectivity index is 0.000000835. The lowest BCUT2D eigenvalue weighted by Crippen LogP contribution is -2.43. The number of hydrogen-bond acceptors (Lipinski definition) is 7. The molecular weight excluding hydrogens is 644 g/mol. The van der Waals surface area contributed by atoms with Crippen molar-refractivity contribution in [1.82, 2.24) is 10.2 Å². The highest BCUT2D eigenvalue weighted by atomic mass is 16.4. The van der Waals surface area contributed by atoms with Gasteiger partial charge >= 0.3 is 5.97 Å². The first-order valence-corrected chi connectivity index (χ1v) is 18.3. The SMILES string of the molecule is CCC[C@H](C)C(=O)N(C)[C@H](C)C(=O)C[C@H](Cc1ccccc1)C(C)=O.CCC[C@H](C)C(=O)O.CN[C@H](C)C(=O)C[C@H](Cc1ccccc1)C(C)=O. The first kappa shape index (κ1) is 47.0. The van der Waals surface area contributed by atoms with Crippen LogP contribution >= 0.6 is 0 Å². The Bertz CT molecular complexity index is 1350. The number of Topliss-reactive ketones (excluding diaryl/α,β-unsaturated/α-hetero) is 4. The molecule has 0 saturated carbocycles. The van der Waals surface area contributed by atoms with Crippen molar-refractivity contribution in [2.45, 2.75) is 119 Å². The zero-order valence-corrected chi connectivity index (χ0v) is 32.7. The molecule has 0 fully saturated rings. The summed E-state index contributed by atoms with van der Waals surface area (Å²) in [6.45, 7) is 14.3. The van der Waals surface area contributed by atoms with Crippen LogP contribution in [0, 0.1) is 23.7 Å². The Kier molecular flexibility index (Phi) is 23.9. The monoisotopic (exact) mass is 708 g/mol. The molecule has 0 aliphatic heterocycles. The largest absolute Gasteiger partial charge is 0.481 e. The van der Waals surface area contributed by atoms with Crippen LogP contribution in [0.2, 0.25) is 0 Å². The number of nitrogens with zero attached hydrogens (tertiary/aromatic N) is 1. The van der Waals surface area contributed by atoms with Crippen LogP contribution in [-0.2, 0) is 41.6 Å². The molecule has 2 aromatic rings. The average molecular weight is 709 g/mol. The van der Waals surface area contributed by atoms with E-state index in [0.717, 1.165) is 36.8 Å². The zero-order valence-electron chi connectivity index (χ0n) is 32.7. The van der Waals surface area contributed by atoms with Crippen LogP contribution in [-0.4, -0.2) is 71.2 Å². The topological polar surface area (TPSA) is 138 Å². The van der Waals surface area contributed by atoms with Gasteiger partial charge in [-0.05, 0) is 71.6 Å². The third-order valence-corrected chi connectivity index (χ3v) is 9.29. The van der Waals surface area contributed by atoms with Crippen LogP contribution in [0.4, 0.5) is 0 Å². The Morgan fingerprint density at radius 3 is 1.39 bits per heavy atom. The summed E-state index contributed by atoms with van der Waals surface area (Å²) in [5, 5.41) is 11.2. The summed E-state index contributed by atoms with van der Waals surface area (Å²) in [5.74, 6) is -1.38. The van der Waals surface area contributed by atoms with Crippen LogP contribution in [0.15, 0.2) is 60.7 Å². The molecule has 6 atom stereocenters. The minimum Gasteiger partial charge on any atom is -0.481 e. The van der Waals surface area contributed by atoms with Gasteiger partial charge in [0, 0.05) is 37.6 Å². The summed E-state index contributed by atoms with van der Waals surface area (Å²) in [6.07, 6.45) is 5.16. The molecule has 0 radical (unpaired) electrons. The first-order valence-electron chi connectivity index (χ1n) is 18.3. The van der Waals surface area contributed by atoms with Gasteiger partial charge in [-0.2, -0.15) is 0 Å². The third-order valence-electron chi connectivity index (χ3n) is 9.29. The number of carbonyl (C=O) groups excluding carboxylic acids is 5. The van der Waals surface area contributed by atoms with Crippen molar-refractivity contribution < 1.29 is 33.9 Å². The fourth-order valence-electron chi connectivity index (χ4n) is 5.38. The van der Waals surface area contributed by atoms with E-state index in [2.05, 4.69) is 5.32 Å². The second kappa shape index (κ2) is 25.9. The van der Waals surface area contributed by atoms with E-state index < -0.39 is 12.0 Å². The molecule has 0 bridgehead atoms. The molecule has 9 nitrogen and oxygen atoms in total. The maximum Gasteiger partial charge on any atom is 0.306 e. The summed E-state index contributed by atoms with van der Waals surface area (Å²) in [5.41, 5.74) is 2.15. The lowest BCUT2D eigenvalue weighted by atomic mass is 9.89. The predicted molar refractivity (Wildman–Crippen MR) is 204 cm³/mol. The van der Waals surface area contributed by atoms with Crippen LogP contribution in [0.5, 0.6) is 0 Å². The van der Waals surface area contributed by atoms with Crippen molar-refractivity contribution in [2.75, 3.05) is 14.1 Å². The minimum absolute atomic E-state index is 0.00913. The van der Waals surface area contributed by atoms with Crippen molar-refractivity contribution in [3.8, 4) is 0 Å². The quantitative estimate of drug-likeness (QED) is 0.148. The molecule has 2 N–H and O–H groups in total. The molecule has 0 saturated heterocycles. The Labute approximate surface area is 307 Å². The maximum absolute atomic E-state index is 12.6. The number of carboxylic acids is 1. The summed E-state index contributed by atoms with van der Waals surface area (Å²) in [6, 6.07) is 18.8. The van der Waals surface area contributed by atoms with E-state index in [9.17, 15) is 28.8 Å². The third kappa shape index (κ3) is 19.3. The fraction of sp³-hybridized carbons (Fsp3) is 0.571. The van der Waals surface area contributed by atoms with Crippen molar-refractivity contribution in [2.24, 2.45) is 23.7 Å². The van der Waals surface area contributed by atoms with Gasteiger partial charge < -0.3 is 15.3 Å². The lowest BCUT2D eigenvalue weighted by Gasteiger charge is -2.27. The molecular formula is C42H64N2O7. The molecule has 2 rings (SSSR count). The molecule has 0 aliphatic rings.